The maximum absolute atomic E-state index is 5.42. The van der Waals surface area contributed by atoms with E-state index in [0.717, 1.165) is 49.8 Å². The monoisotopic (exact) mass is 399 g/mol. The van der Waals surface area contributed by atoms with Crippen LogP contribution in [-0.2, 0) is 39.4 Å². The third kappa shape index (κ3) is 5.25. The third-order valence-corrected chi connectivity index (χ3v) is 5.55. The first kappa shape index (κ1) is 20.2. The second-order valence-electron chi connectivity index (χ2n) is 6.56. The van der Waals surface area contributed by atoms with Gasteiger partial charge in [0, 0.05) is 36.1 Å². The van der Waals surface area contributed by atoms with Crippen LogP contribution < -0.4 is 10.6 Å². The predicted molar refractivity (Wildman–Crippen MR) is 115 cm³/mol. The van der Waals surface area contributed by atoms with Crippen molar-refractivity contribution in [2.75, 3.05) is 6.54 Å². The van der Waals surface area contributed by atoms with E-state index < -0.39 is 0 Å². The van der Waals surface area contributed by atoms with Gasteiger partial charge in [0.1, 0.15) is 5.76 Å². The highest BCUT2D eigenvalue weighted by atomic mass is 32.1. The van der Waals surface area contributed by atoms with E-state index >= 15 is 0 Å². The van der Waals surface area contributed by atoms with Crippen molar-refractivity contribution in [2.45, 2.75) is 46.2 Å². The molecule has 7 heteroatoms. The first-order valence-corrected chi connectivity index (χ1v) is 10.7. The van der Waals surface area contributed by atoms with Crippen LogP contribution in [0.2, 0.25) is 0 Å². The zero-order chi connectivity index (χ0) is 19.8. The van der Waals surface area contributed by atoms with Gasteiger partial charge < -0.3 is 15.1 Å². The third-order valence-electron chi connectivity index (χ3n) is 4.68. The van der Waals surface area contributed by atoms with Crippen LogP contribution >= 0.6 is 11.3 Å². The quantitative estimate of drug-likeness (QED) is 0.425. The van der Waals surface area contributed by atoms with Crippen LogP contribution in [0.3, 0.4) is 0 Å². The minimum absolute atomic E-state index is 0.626. The molecule has 3 aromatic rings. The molecule has 150 valence electrons. The molecule has 0 aromatic carbocycles. The van der Waals surface area contributed by atoms with Crippen molar-refractivity contribution >= 4 is 17.3 Å². The molecule has 0 aliphatic rings. The molecule has 3 aromatic heterocycles. The van der Waals surface area contributed by atoms with E-state index in [0.29, 0.717) is 6.54 Å². The van der Waals surface area contributed by atoms with Crippen molar-refractivity contribution in [2.24, 2.45) is 12.0 Å². The number of nitrogens with one attached hydrogen (secondary N) is 2. The normalized spacial score (nSPS) is 11.8. The molecule has 0 aliphatic carbocycles. The Morgan fingerprint density at radius 3 is 2.79 bits per heavy atom. The number of aromatic nitrogens is 2. The molecule has 0 radical (unpaired) electrons. The van der Waals surface area contributed by atoms with Gasteiger partial charge in [0.25, 0.3) is 0 Å². The van der Waals surface area contributed by atoms with E-state index in [4.69, 9.17) is 9.41 Å². The van der Waals surface area contributed by atoms with Crippen molar-refractivity contribution in [3.8, 4) is 0 Å². The van der Waals surface area contributed by atoms with E-state index in [1.54, 1.807) is 17.6 Å². The lowest BCUT2D eigenvalue weighted by molar-refractivity contribution is 0.506. The smallest absolute Gasteiger partial charge is 0.191 e. The minimum Gasteiger partial charge on any atom is -0.469 e. The van der Waals surface area contributed by atoms with Crippen molar-refractivity contribution < 1.29 is 4.42 Å². The largest absolute Gasteiger partial charge is 0.469 e. The number of rotatable bonds is 9. The van der Waals surface area contributed by atoms with Gasteiger partial charge in [-0.3, -0.25) is 4.68 Å². The summed E-state index contributed by atoms with van der Waals surface area (Å²) in [6, 6.07) is 8.11. The summed E-state index contributed by atoms with van der Waals surface area (Å²) in [7, 11) is 2.02. The Morgan fingerprint density at radius 1 is 1.21 bits per heavy atom. The topological polar surface area (TPSA) is 67.4 Å². The first-order chi connectivity index (χ1) is 13.7. The fraction of sp³-hybridized carbons (Fsp3) is 0.429. The summed E-state index contributed by atoms with van der Waals surface area (Å²) in [6.07, 6.45) is 4.40. The Hall–Kier alpha value is -2.54. The van der Waals surface area contributed by atoms with Crippen molar-refractivity contribution in [3.63, 3.8) is 0 Å². The number of hydrogen-bond acceptors (Lipinski definition) is 4. The summed E-state index contributed by atoms with van der Waals surface area (Å²) < 4.78 is 7.41. The summed E-state index contributed by atoms with van der Waals surface area (Å²) in [5.74, 6) is 1.78. The Labute approximate surface area is 170 Å². The standard InChI is InChI=1S/C21H29N5OS/c1-4-19-18(20(5-2)26(3)25-19)15-24-21(23-14-17-9-7-13-28-17)22-11-10-16-8-6-12-27-16/h6-9,12-13H,4-5,10-11,14-15H2,1-3H3,(H2,22,23,24). The highest BCUT2D eigenvalue weighted by Crippen LogP contribution is 2.16. The number of aliphatic imine (C=N–C) groups is 1. The number of thiophene rings is 1. The van der Waals surface area contributed by atoms with Crippen LogP contribution in [0.5, 0.6) is 0 Å². The van der Waals surface area contributed by atoms with Gasteiger partial charge in [-0.25, -0.2) is 4.99 Å². The summed E-state index contributed by atoms with van der Waals surface area (Å²) in [5.41, 5.74) is 3.64. The lowest BCUT2D eigenvalue weighted by atomic mass is 10.1. The molecule has 0 spiro atoms. The maximum Gasteiger partial charge on any atom is 0.191 e. The molecule has 0 atom stereocenters. The molecule has 0 amide bonds. The number of guanidine groups is 1. The van der Waals surface area contributed by atoms with E-state index in [-0.39, 0.29) is 0 Å². The maximum atomic E-state index is 5.42. The van der Waals surface area contributed by atoms with E-state index in [2.05, 4.69) is 47.1 Å². The Kier molecular flexibility index (Phi) is 7.31. The number of hydrogen-bond donors (Lipinski definition) is 2. The van der Waals surface area contributed by atoms with Crippen LogP contribution in [0.25, 0.3) is 0 Å². The number of nitrogens with zero attached hydrogens (tertiary/aromatic N) is 3. The molecule has 0 unspecified atom stereocenters. The van der Waals surface area contributed by atoms with Crippen LogP contribution in [0.1, 0.15) is 41.4 Å². The molecular formula is C21H29N5OS. The van der Waals surface area contributed by atoms with Crippen LogP contribution in [0.15, 0.2) is 45.3 Å². The van der Waals surface area contributed by atoms with Crippen molar-refractivity contribution in [1.29, 1.82) is 0 Å². The van der Waals surface area contributed by atoms with Gasteiger partial charge in [-0.05, 0) is 36.4 Å². The summed E-state index contributed by atoms with van der Waals surface area (Å²) in [6.45, 7) is 6.46. The number of aryl methyl sites for hydroxylation is 2. The van der Waals surface area contributed by atoms with E-state index in [9.17, 15) is 0 Å². The lowest BCUT2D eigenvalue weighted by Crippen LogP contribution is -2.38. The van der Waals surface area contributed by atoms with Gasteiger partial charge in [-0.2, -0.15) is 5.10 Å². The van der Waals surface area contributed by atoms with Crippen molar-refractivity contribution in [3.05, 3.63) is 63.5 Å². The van der Waals surface area contributed by atoms with Gasteiger partial charge in [0.2, 0.25) is 0 Å². The molecule has 0 bridgehead atoms. The zero-order valence-corrected chi connectivity index (χ0v) is 17.7. The fourth-order valence-electron chi connectivity index (χ4n) is 3.25. The summed E-state index contributed by atoms with van der Waals surface area (Å²) >= 11 is 1.74. The van der Waals surface area contributed by atoms with Crippen LogP contribution in [-0.4, -0.2) is 22.3 Å². The molecule has 28 heavy (non-hydrogen) atoms. The van der Waals surface area contributed by atoms with Crippen molar-refractivity contribution in [1.82, 2.24) is 20.4 Å². The van der Waals surface area contributed by atoms with Gasteiger partial charge in [0.15, 0.2) is 5.96 Å². The average Bonchev–Trinajstić information content (AvgIpc) is 3.45. The van der Waals surface area contributed by atoms with E-state index in [1.807, 2.05) is 23.9 Å². The molecule has 2 N–H and O–H groups in total. The summed E-state index contributed by atoms with van der Waals surface area (Å²) in [5, 5.41) is 13.6. The summed E-state index contributed by atoms with van der Waals surface area (Å²) in [4.78, 5) is 6.14. The predicted octanol–water partition coefficient (Wildman–Crippen LogP) is 3.68. The Morgan fingerprint density at radius 2 is 2.11 bits per heavy atom. The molecule has 0 saturated heterocycles. The Bertz CT molecular complexity index is 865. The molecular weight excluding hydrogens is 370 g/mol. The van der Waals surface area contributed by atoms with Crippen LogP contribution in [0, 0.1) is 0 Å². The molecule has 0 saturated carbocycles. The second kappa shape index (κ2) is 10.1. The van der Waals surface area contributed by atoms with E-state index in [1.165, 1.54) is 16.1 Å². The Balaban J connectivity index is 1.69. The van der Waals surface area contributed by atoms with Gasteiger partial charge in [-0.15, -0.1) is 11.3 Å². The molecule has 6 nitrogen and oxygen atoms in total. The second-order valence-corrected chi connectivity index (χ2v) is 7.59. The molecule has 3 heterocycles. The molecule has 0 fully saturated rings. The van der Waals surface area contributed by atoms with Gasteiger partial charge in [-0.1, -0.05) is 19.9 Å². The van der Waals surface area contributed by atoms with Gasteiger partial charge >= 0.3 is 0 Å². The average molecular weight is 400 g/mol. The number of furan rings is 1. The van der Waals surface area contributed by atoms with Gasteiger partial charge in [0.05, 0.1) is 25.0 Å². The highest BCUT2D eigenvalue weighted by molar-refractivity contribution is 7.09. The first-order valence-electron chi connectivity index (χ1n) is 9.81. The minimum atomic E-state index is 0.626. The zero-order valence-electron chi connectivity index (χ0n) is 16.9. The highest BCUT2D eigenvalue weighted by Gasteiger charge is 2.13. The lowest BCUT2D eigenvalue weighted by Gasteiger charge is -2.12. The molecule has 3 rings (SSSR count). The van der Waals surface area contributed by atoms with Crippen LogP contribution in [0.4, 0.5) is 0 Å². The molecule has 0 aliphatic heterocycles. The fourth-order valence-corrected chi connectivity index (χ4v) is 3.89. The SMILES string of the molecule is CCc1nn(C)c(CC)c1CN=C(NCCc1ccco1)NCc1cccs1.